The number of aliphatic hydroxyl groups excluding tert-OH is 1. The van der Waals surface area contributed by atoms with E-state index in [1.54, 1.807) is 6.92 Å². The van der Waals surface area contributed by atoms with Crippen LogP contribution in [0.4, 0.5) is 0 Å². The summed E-state index contributed by atoms with van der Waals surface area (Å²) >= 11 is 0. The molecule has 112 valence electrons. The fraction of sp³-hybridized carbons (Fsp3) is 0.833. The van der Waals surface area contributed by atoms with E-state index in [0.29, 0.717) is 19.5 Å². The predicted molar refractivity (Wildman–Crippen MR) is 73.2 cm³/mol. The van der Waals surface area contributed by atoms with Crippen molar-refractivity contribution < 1.29 is 14.7 Å². The van der Waals surface area contributed by atoms with Crippen molar-refractivity contribution >= 4 is 11.8 Å². The first-order chi connectivity index (χ1) is 9.10. The van der Waals surface area contributed by atoms with Crippen molar-refractivity contribution in [3.05, 3.63) is 0 Å². The van der Waals surface area contributed by atoms with Crippen LogP contribution in [0.15, 0.2) is 0 Å². The van der Waals surface area contributed by atoms with Crippen LogP contribution in [0.1, 0.15) is 32.6 Å². The lowest BCUT2D eigenvalue weighted by Crippen LogP contribution is -2.44. The van der Waals surface area contributed by atoms with Crippen LogP contribution in [0.25, 0.3) is 0 Å². The van der Waals surface area contributed by atoms with Crippen molar-refractivity contribution in [2.45, 2.75) is 38.8 Å². The van der Waals surface area contributed by atoms with E-state index in [-0.39, 0.29) is 24.9 Å². The van der Waals surface area contributed by atoms with E-state index in [4.69, 9.17) is 5.73 Å². The molecule has 0 saturated heterocycles. The van der Waals surface area contributed by atoms with Crippen molar-refractivity contribution in [3.8, 4) is 0 Å². The maximum atomic E-state index is 11.3. The summed E-state index contributed by atoms with van der Waals surface area (Å²) in [6.07, 6.45) is 2.51. The van der Waals surface area contributed by atoms with Crippen LogP contribution in [0.2, 0.25) is 0 Å². The van der Waals surface area contributed by atoms with Gasteiger partial charge in [-0.25, -0.2) is 0 Å². The Balaban J connectivity index is 3.47. The van der Waals surface area contributed by atoms with Gasteiger partial charge in [-0.3, -0.25) is 14.9 Å². The fourth-order valence-electron chi connectivity index (χ4n) is 1.36. The number of aliphatic hydroxyl groups is 1. The highest BCUT2D eigenvalue weighted by Gasteiger charge is 2.06. The van der Waals surface area contributed by atoms with Crippen LogP contribution < -0.4 is 21.7 Å². The van der Waals surface area contributed by atoms with Crippen LogP contribution in [0.3, 0.4) is 0 Å². The number of amides is 2. The Kier molecular flexibility index (Phi) is 11.1. The van der Waals surface area contributed by atoms with Crippen molar-refractivity contribution in [3.63, 3.8) is 0 Å². The zero-order chi connectivity index (χ0) is 14.5. The van der Waals surface area contributed by atoms with E-state index in [0.717, 1.165) is 19.3 Å². The highest BCUT2D eigenvalue weighted by Crippen LogP contribution is 1.91. The molecule has 0 heterocycles. The Morgan fingerprint density at radius 3 is 2.53 bits per heavy atom. The summed E-state index contributed by atoms with van der Waals surface area (Å²) in [5, 5.41) is 17.4. The lowest BCUT2D eigenvalue weighted by Gasteiger charge is -2.13. The number of rotatable bonds is 11. The van der Waals surface area contributed by atoms with E-state index < -0.39 is 6.23 Å². The summed E-state index contributed by atoms with van der Waals surface area (Å²) in [7, 11) is 0. The highest BCUT2D eigenvalue weighted by atomic mass is 16.3. The van der Waals surface area contributed by atoms with Gasteiger partial charge >= 0.3 is 0 Å². The first-order valence-electron chi connectivity index (χ1n) is 6.75. The van der Waals surface area contributed by atoms with E-state index >= 15 is 0 Å². The maximum Gasteiger partial charge on any atom is 0.239 e. The first-order valence-corrected chi connectivity index (χ1v) is 6.75. The molecule has 0 aromatic rings. The number of nitrogens with two attached hydrogens (primary N) is 1. The van der Waals surface area contributed by atoms with Crippen molar-refractivity contribution in [2.24, 2.45) is 5.73 Å². The van der Waals surface area contributed by atoms with E-state index in [9.17, 15) is 14.7 Å². The van der Waals surface area contributed by atoms with Gasteiger partial charge in [-0.15, -0.1) is 0 Å². The fourth-order valence-corrected chi connectivity index (χ4v) is 1.36. The lowest BCUT2D eigenvalue weighted by molar-refractivity contribution is -0.126. The summed E-state index contributed by atoms with van der Waals surface area (Å²) in [6.45, 7) is 3.14. The quantitative estimate of drug-likeness (QED) is 0.236. The molecule has 0 fully saturated rings. The van der Waals surface area contributed by atoms with Crippen LogP contribution in [-0.4, -0.2) is 49.3 Å². The molecule has 0 rings (SSSR count). The molecule has 0 radical (unpaired) electrons. The molecule has 1 atom stereocenters. The van der Waals surface area contributed by atoms with E-state index in [2.05, 4.69) is 16.0 Å². The molecular formula is C12H26N4O3. The Morgan fingerprint density at radius 2 is 1.89 bits per heavy atom. The lowest BCUT2D eigenvalue weighted by atomic mass is 10.2. The van der Waals surface area contributed by atoms with Crippen molar-refractivity contribution in [1.29, 1.82) is 0 Å². The largest absolute Gasteiger partial charge is 0.377 e. The monoisotopic (exact) mass is 274 g/mol. The molecule has 2 amide bonds. The van der Waals surface area contributed by atoms with Crippen LogP contribution in [0, 0.1) is 0 Å². The van der Waals surface area contributed by atoms with Crippen LogP contribution in [0.5, 0.6) is 0 Å². The Bertz CT molecular complexity index is 261. The number of hydrogen-bond acceptors (Lipinski definition) is 5. The van der Waals surface area contributed by atoms with Crippen LogP contribution >= 0.6 is 0 Å². The van der Waals surface area contributed by atoms with Gasteiger partial charge in [0.25, 0.3) is 0 Å². The van der Waals surface area contributed by atoms with Gasteiger partial charge < -0.3 is 21.5 Å². The van der Waals surface area contributed by atoms with Gasteiger partial charge in [0.2, 0.25) is 11.8 Å². The molecule has 0 aromatic carbocycles. The topological polar surface area (TPSA) is 116 Å². The molecule has 0 aliphatic carbocycles. The normalized spacial score (nSPS) is 11.9. The summed E-state index contributed by atoms with van der Waals surface area (Å²) < 4.78 is 0. The summed E-state index contributed by atoms with van der Waals surface area (Å²) in [5.41, 5.74) is 5.36. The number of unbranched alkanes of at least 4 members (excludes halogenated alkanes) is 2. The minimum atomic E-state index is -0.774. The van der Waals surface area contributed by atoms with Gasteiger partial charge in [0.1, 0.15) is 6.23 Å². The van der Waals surface area contributed by atoms with Gasteiger partial charge in [-0.05, 0) is 25.9 Å². The second-order valence-electron chi connectivity index (χ2n) is 4.25. The van der Waals surface area contributed by atoms with E-state index in [1.807, 2.05) is 0 Å². The molecule has 7 heteroatoms. The van der Waals surface area contributed by atoms with Gasteiger partial charge in [-0.1, -0.05) is 13.3 Å². The number of hydrogen-bond donors (Lipinski definition) is 5. The average molecular weight is 274 g/mol. The summed E-state index contributed by atoms with van der Waals surface area (Å²) in [6, 6.07) is 0. The standard InChI is InChI=1S/C12H26N4O3/c1-2-10(17)15-9-12(19)16-8-11(18)14-7-5-3-4-6-13/h11,14,18H,2-9,13H2,1H3,(H,15,17)(H,16,19). The summed E-state index contributed by atoms with van der Waals surface area (Å²) in [5.74, 6) is -0.487. The number of carbonyl (C=O) groups excluding carboxylic acids is 2. The summed E-state index contributed by atoms with van der Waals surface area (Å²) in [4.78, 5) is 22.2. The second kappa shape index (κ2) is 11.9. The maximum absolute atomic E-state index is 11.3. The van der Waals surface area contributed by atoms with Crippen molar-refractivity contribution in [2.75, 3.05) is 26.2 Å². The SMILES string of the molecule is CCC(=O)NCC(=O)NCC(O)NCCCCCN. The first kappa shape index (κ1) is 17.8. The predicted octanol–water partition coefficient (Wildman–Crippen LogP) is -1.33. The van der Waals surface area contributed by atoms with Gasteiger partial charge in [0, 0.05) is 6.42 Å². The van der Waals surface area contributed by atoms with Crippen LogP contribution in [-0.2, 0) is 9.59 Å². The highest BCUT2D eigenvalue weighted by molar-refractivity contribution is 5.84. The Morgan fingerprint density at radius 1 is 1.16 bits per heavy atom. The van der Waals surface area contributed by atoms with Gasteiger partial charge in [0.05, 0.1) is 13.1 Å². The molecule has 0 saturated carbocycles. The van der Waals surface area contributed by atoms with Crippen molar-refractivity contribution in [1.82, 2.24) is 16.0 Å². The molecule has 1 unspecified atom stereocenters. The molecule has 0 aliphatic rings. The molecule has 0 aliphatic heterocycles. The van der Waals surface area contributed by atoms with Gasteiger partial charge in [0.15, 0.2) is 0 Å². The Hall–Kier alpha value is -1.18. The third-order valence-corrected chi connectivity index (χ3v) is 2.52. The zero-order valence-corrected chi connectivity index (χ0v) is 11.6. The molecule has 19 heavy (non-hydrogen) atoms. The molecule has 7 nitrogen and oxygen atoms in total. The average Bonchev–Trinajstić information content (AvgIpc) is 2.42. The molecular weight excluding hydrogens is 248 g/mol. The molecule has 0 aromatic heterocycles. The Labute approximate surface area is 114 Å². The molecule has 0 spiro atoms. The third-order valence-electron chi connectivity index (χ3n) is 2.52. The number of carbonyl (C=O) groups is 2. The number of nitrogens with one attached hydrogen (secondary N) is 3. The molecule has 0 bridgehead atoms. The third kappa shape index (κ3) is 11.6. The van der Waals surface area contributed by atoms with Gasteiger partial charge in [-0.2, -0.15) is 0 Å². The molecule has 6 N–H and O–H groups in total. The van der Waals surface area contributed by atoms with E-state index in [1.165, 1.54) is 0 Å². The minimum absolute atomic E-state index is 0.0596. The zero-order valence-electron chi connectivity index (χ0n) is 11.6. The second-order valence-corrected chi connectivity index (χ2v) is 4.25. The minimum Gasteiger partial charge on any atom is -0.377 e. The smallest absolute Gasteiger partial charge is 0.239 e.